The van der Waals surface area contributed by atoms with Gasteiger partial charge in [0.05, 0.1) is 13.1 Å². The molecule has 1 aromatic carbocycles. The first-order valence-corrected chi connectivity index (χ1v) is 9.57. The number of hydrogen-bond acceptors (Lipinski definition) is 5. The number of aryl methyl sites for hydroxylation is 1. The van der Waals surface area contributed by atoms with Gasteiger partial charge in [-0.25, -0.2) is 14.7 Å². The minimum atomic E-state index is 0.605. The third-order valence-corrected chi connectivity index (χ3v) is 4.22. The molecule has 2 aromatic heterocycles. The summed E-state index contributed by atoms with van der Waals surface area (Å²) in [5.74, 6) is 1.79. The molecule has 0 saturated carbocycles. The number of rotatable bonds is 9. The standard InChI is InChI=1S/C19H27N9/c1-3-18-26-24-15-27(18)9-8-22-19(21-4-2)23-11-16-6-5-7-17(10-16)12-28-14-20-13-25-28/h5-7,10,13-15H,3-4,8-9,11-12H2,1-2H3,(H2,21,22,23). The Balaban J connectivity index is 1.56. The maximum Gasteiger partial charge on any atom is 0.191 e. The van der Waals surface area contributed by atoms with E-state index in [1.807, 2.05) is 4.68 Å². The molecule has 3 aromatic rings. The fourth-order valence-electron chi connectivity index (χ4n) is 2.87. The molecule has 0 aliphatic heterocycles. The fourth-order valence-corrected chi connectivity index (χ4v) is 2.87. The van der Waals surface area contributed by atoms with Crippen LogP contribution in [0.5, 0.6) is 0 Å². The second kappa shape index (κ2) is 10.2. The van der Waals surface area contributed by atoms with Crippen molar-refractivity contribution in [3.05, 3.63) is 60.2 Å². The average Bonchev–Trinajstić information content (AvgIpc) is 3.38. The highest BCUT2D eigenvalue weighted by Gasteiger charge is 2.03. The lowest BCUT2D eigenvalue weighted by Crippen LogP contribution is -2.38. The zero-order valence-electron chi connectivity index (χ0n) is 16.4. The van der Waals surface area contributed by atoms with Gasteiger partial charge in [-0.3, -0.25) is 0 Å². The van der Waals surface area contributed by atoms with Crippen LogP contribution in [0.25, 0.3) is 0 Å². The molecule has 0 aliphatic carbocycles. The molecule has 0 unspecified atom stereocenters. The molecule has 9 heteroatoms. The van der Waals surface area contributed by atoms with Crippen LogP contribution in [0.15, 0.2) is 48.2 Å². The summed E-state index contributed by atoms with van der Waals surface area (Å²) in [6.07, 6.45) is 5.91. The van der Waals surface area contributed by atoms with Crippen molar-refractivity contribution < 1.29 is 0 Å². The maximum absolute atomic E-state index is 4.70. The van der Waals surface area contributed by atoms with Crippen LogP contribution in [0.1, 0.15) is 30.8 Å². The Morgan fingerprint density at radius 3 is 2.82 bits per heavy atom. The third kappa shape index (κ3) is 5.63. The predicted molar refractivity (Wildman–Crippen MR) is 108 cm³/mol. The lowest BCUT2D eigenvalue weighted by atomic mass is 10.1. The normalized spacial score (nSPS) is 11.6. The Labute approximate surface area is 164 Å². The summed E-state index contributed by atoms with van der Waals surface area (Å²) < 4.78 is 3.87. The van der Waals surface area contributed by atoms with Crippen molar-refractivity contribution in [1.82, 2.24) is 40.2 Å². The van der Waals surface area contributed by atoms with Gasteiger partial charge in [0.1, 0.15) is 24.8 Å². The Morgan fingerprint density at radius 2 is 2.04 bits per heavy atom. The molecule has 0 fully saturated rings. The summed E-state index contributed by atoms with van der Waals surface area (Å²) in [6.45, 7) is 7.81. The number of aromatic nitrogens is 6. The van der Waals surface area contributed by atoms with Crippen molar-refractivity contribution in [2.24, 2.45) is 4.99 Å². The van der Waals surface area contributed by atoms with Crippen LogP contribution in [0.2, 0.25) is 0 Å². The number of guanidine groups is 1. The van der Waals surface area contributed by atoms with Gasteiger partial charge in [-0.1, -0.05) is 31.2 Å². The van der Waals surface area contributed by atoms with Crippen molar-refractivity contribution in [2.45, 2.75) is 39.9 Å². The molecule has 0 spiro atoms. The van der Waals surface area contributed by atoms with E-state index >= 15 is 0 Å². The quantitative estimate of drug-likeness (QED) is 0.427. The summed E-state index contributed by atoms with van der Waals surface area (Å²) in [5, 5.41) is 18.9. The molecule has 2 heterocycles. The highest BCUT2D eigenvalue weighted by atomic mass is 15.3. The van der Waals surface area contributed by atoms with Gasteiger partial charge in [0.15, 0.2) is 5.96 Å². The third-order valence-electron chi connectivity index (χ3n) is 4.22. The summed E-state index contributed by atoms with van der Waals surface area (Å²) in [6, 6.07) is 8.38. The molecule has 0 amide bonds. The molecule has 2 N–H and O–H groups in total. The summed E-state index contributed by atoms with van der Waals surface area (Å²) >= 11 is 0. The minimum absolute atomic E-state index is 0.605. The van der Waals surface area contributed by atoms with E-state index in [9.17, 15) is 0 Å². The van der Waals surface area contributed by atoms with Gasteiger partial charge in [-0.05, 0) is 18.1 Å². The average molecular weight is 381 g/mol. The zero-order valence-corrected chi connectivity index (χ0v) is 16.4. The van der Waals surface area contributed by atoms with Gasteiger partial charge in [0.2, 0.25) is 0 Å². The summed E-state index contributed by atoms with van der Waals surface area (Å²) in [4.78, 5) is 8.68. The minimum Gasteiger partial charge on any atom is -0.357 e. The number of aliphatic imine (C=N–C) groups is 1. The molecule has 3 rings (SSSR count). The monoisotopic (exact) mass is 381 g/mol. The molecular weight excluding hydrogens is 354 g/mol. The highest BCUT2D eigenvalue weighted by molar-refractivity contribution is 5.79. The molecule has 0 saturated heterocycles. The van der Waals surface area contributed by atoms with Gasteiger partial charge in [-0.15, -0.1) is 10.2 Å². The molecule has 28 heavy (non-hydrogen) atoms. The van der Waals surface area contributed by atoms with E-state index in [-0.39, 0.29) is 0 Å². The lowest BCUT2D eigenvalue weighted by molar-refractivity contribution is 0.632. The topological polar surface area (TPSA) is 97.8 Å². The molecule has 0 radical (unpaired) electrons. The van der Waals surface area contributed by atoms with E-state index in [0.717, 1.165) is 43.4 Å². The van der Waals surface area contributed by atoms with Crippen LogP contribution in [0, 0.1) is 0 Å². The number of benzene rings is 1. The van der Waals surface area contributed by atoms with Crippen LogP contribution in [-0.2, 0) is 26.1 Å². The van der Waals surface area contributed by atoms with E-state index in [0.29, 0.717) is 13.1 Å². The Hall–Kier alpha value is -3.23. The SMILES string of the molecule is CCNC(=NCc1cccc(Cn2cncn2)c1)NCCn1cnnc1CC. The Kier molecular flexibility index (Phi) is 7.11. The van der Waals surface area contributed by atoms with Crippen LogP contribution in [0.4, 0.5) is 0 Å². The molecular formula is C19H27N9. The van der Waals surface area contributed by atoms with Crippen LogP contribution in [-0.4, -0.2) is 48.6 Å². The largest absolute Gasteiger partial charge is 0.357 e. The van der Waals surface area contributed by atoms with Crippen molar-refractivity contribution in [3.63, 3.8) is 0 Å². The molecule has 0 aliphatic rings. The van der Waals surface area contributed by atoms with E-state index in [2.05, 4.69) is 73.6 Å². The molecule has 0 atom stereocenters. The predicted octanol–water partition coefficient (Wildman–Crippen LogP) is 1.24. The number of nitrogens with zero attached hydrogens (tertiary/aromatic N) is 7. The van der Waals surface area contributed by atoms with Crippen molar-refractivity contribution in [2.75, 3.05) is 13.1 Å². The second-order valence-electron chi connectivity index (χ2n) is 6.33. The molecule has 0 bridgehead atoms. The van der Waals surface area contributed by atoms with Crippen molar-refractivity contribution in [3.8, 4) is 0 Å². The van der Waals surface area contributed by atoms with Crippen LogP contribution in [0.3, 0.4) is 0 Å². The molecule has 9 nitrogen and oxygen atoms in total. The number of hydrogen-bond donors (Lipinski definition) is 2. The van der Waals surface area contributed by atoms with E-state index in [1.165, 1.54) is 5.56 Å². The summed E-state index contributed by atoms with van der Waals surface area (Å²) in [5.41, 5.74) is 2.33. The first-order valence-electron chi connectivity index (χ1n) is 9.57. The van der Waals surface area contributed by atoms with Crippen LogP contribution < -0.4 is 10.6 Å². The maximum atomic E-state index is 4.70. The van der Waals surface area contributed by atoms with Crippen LogP contribution >= 0.6 is 0 Å². The Morgan fingerprint density at radius 1 is 1.14 bits per heavy atom. The first-order chi connectivity index (χ1) is 13.8. The lowest BCUT2D eigenvalue weighted by Gasteiger charge is -2.12. The van der Waals surface area contributed by atoms with Gasteiger partial charge < -0.3 is 15.2 Å². The van der Waals surface area contributed by atoms with E-state index in [1.54, 1.807) is 19.0 Å². The second-order valence-corrected chi connectivity index (χ2v) is 6.33. The molecule has 148 valence electrons. The zero-order chi connectivity index (χ0) is 19.6. The van der Waals surface area contributed by atoms with Crippen molar-refractivity contribution in [1.29, 1.82) is 0 Å². The van der Waals surface area contributed by atoms with Gasteiger partial charge >= 0.3 is 0 Å². The van der Waals surface area contributed by atoms with E-state index in [4.69, 9.17) is 4.99 Å². The van der Waals surface area contributed by atoms with Gasteiger partial charge in [0.25, 0.3) is 0 Å². The Bertz CT molecular complexity index is 867. The van der Waals surface area contributed by atoms with Crippen molar-refractivity contribution >= 4 is 5.96 Å². The number of nitrogens with one attached hydrogen (secondary N) is 2. The summed E-state index contributed by atoms with van der Waals surface area (Å²) in [7, 11) is 0. The van der Waals surface area contributed by atoms with Gasteiger partial charge in [-0.2, -0.15) is 5.10 Å². The van der Waals surface area contributed by atoms with Gasteiger partial charge in [0, 0.05) is 26.1 Å². The fraction of sp³-hybridized carbons (Fsp3) is 0.421. The van der Waals surface area contributed by atoms with E-state index < -0.39 is 0 Å². The first kappa shape index (κ1) is 19.5. The highest BCUT2D eigenvalue weighted by Crippen LogP contribution is 2.08. The smallest absolute Gasteiger partial charge is 0.191 e.